The van der Waals surface area contributed by atoms with E-state index in [1.54, 1.807) is 6.92 Å². The highest BCUT2D eigenvalue weighted by atomic mass is 16.5. The van der Waals surface area contributed by atoms with Crippen LogP contribution in [0.15, 0.2) is 24.3 Å². The number of hydrogen-bond acceptors (Lipinski definition) is 3. The molecule has 1 aliphatic carbocycles. The molecule has 2 rings (SSSR count). The highest BCUT2D eigenvalue weighted by Crippen LogP contribution is 2.32. The number of methoxy groups -OCH3 is 1. The molecule has 1 unspecified atom stereocenters. The minimum Gasteiger partial charge on any atom is -0.481 e. The van der Waals surface area contributed by atoms with Crippen LogP contribution in [0.25, 0.3) is 0 Å². The van der Waals surface area contributed by atoms with E-state index in [0.29, 0.717) is 11.5 Å². The minimum atomic E-state index is -0.970. The predicted octanol–water partition coefficient (Wildman–Crippen LogP) is 3.34. The summed E-state index contributed by atoms with van der Waals surface area (Å²) in [5.41, 5.74) is 0.901. The van der Waals surface area contributed by atoms with Crippen LogP contribution >= 0.6 is 0 Å². The molecule has 0 heterocycles. The van der Waals surface area contributed by atoms with Gasteiger partial charge in [-0.25, -0.2) is 0 Å². The fourth-order valence-electron chi connectivity index (χ4n) is 3.47. The maximum Gasteiger partial charge on any atom is 0.305 e. The molecule has 0 spiro atoms. The Balaban J connectivity index is 2.04. The van der Waals surface area contributed by atoms with Gasteiger partial charge in [0.05, 0.1) is 18.6 Å². The number of carboxylic acid groups (broad SMARTS) is 1. The zero-order chi connectivity index (χ0) is 17.6. The van der Waals surface area contributed by atoms with Gasteiger partial charge in [-0.1, -0.05) is 31.4 Å². The molecule has 1 fully saturated rings. The molecule has 1 atom stereocenters. The average molecular weight is 333 g/mol. The number of rotatable bonds is 7. The Morgan fingerprint density at radius 3 is 2.38 bits per heavy atom. The smallest absolute Gasteiger partial charge is 0.305 e. The third kappa shape index (κ3) is 5.06. The van der Waals surface area contributed by atoms with Crippen LogP contribution in [0, 0.1) is 0 Å². The molecule has 1 aromatic rings. The van der Waals surface area contributed by atoms with Crippen LogP contribution < -0.4 is 5.32 Å². The Morgan fingerprint density at radius 1 is 1.21 bits per heavy atom. The van der Waals surface area contributed by atoms with E-state index in [1.807, 2.05) is 24.3 Å². The highest BCUT2D eigenvalue weighted by molar-refractivity contribution is 5.95. The molecule has 0 aliphatic heterocycles. The largest absolute Gasteiger partial charge is 0.481 e. The Bertz CT molecular complexity index is 563. The van der Waals surface area contributed by atoms with E-state index in [0.717, 1.165) is 0 Å². The van der Waals surface area contributed by atoms with Gasteiger partial charge in [0.1, 0.15) is 0 Å². The molecule has 0 bridgehead atoms. The lowest BCUT2D eigenvalue weighted by Gasteiger charge is -2.28. The maximum absolute atomic E-state index is 12.4. The third-order valence-electron chi connectivity index (χ3n) is 4.67. The third-order valence-corrected chi connectivity index (χ3v) is 4.67. The van der Waals surface area contributed by atoms with E-state index in [9.17, 15) is 9.59 Å². The summed E-state index contributed by atoms with van der Waals surface area (Å²) >= 11 is 0. The van der Waals surface area contributed by atoms with Crippen molar-refractivity contribution in [1.29, 1.82) is 0 Å². The summed E-state index contributed by atoms with van der Waals surface area (Å²) in [5.74, 6) is -0.643. The van der Waals surface area contributed by atoms with Crippen molar-refractivity contribution in [3.63, 3.8) is 0 Å². The zero-order valence-electron chi connectivity index (χ0n) is 14.5. The van der Waals surface area contributed by atoms with Crippen LogP contribution in [0.2, 0.25) is 0 Å². The van der Waals surface area contributed by atoms with Crippen molar-refractivity contribution in [1.82, 2.24) is 5.32 Å². The Hall–Kier alpha value is -1.88. The Morgan fingerprint density at radius 2 is 1.83 bits per heavy atom. The summed E-state index contributed by atoms with van der Waals surface area (Å²) in [6.07, 6.45) is 6.12. The molecular formula is C19H27NO4. The molecule has 0 radical (unpaired) electrons. The fourth-order valence-corrected chi connectivity index (χ4v) is 3.47. The van der Waals surface area contributed by atoms with Crippen LogP contribution in [0.1, 0.15) is 67.3 Å². The summed E-state index contributed by atoms with van der Waals surface area (Å²) in [6, 6.07) is 7.70. The van der Waals surface area contributed by atoms with E-state index in [4.69, 9.17) is 9.84 Å². The summed E-state index contributed by atoms with van der Waals surface area (Å²) < 4.78 is 5.07. The number of carboxylic acids is 1. The summed E-state index contributed by atoms with van der Waals surface area (Å²) in [4.78, 5) is 23.5. The number of nitrogens with one attached hydrogen (secondary N) is 1. The van der Waals surface area contributed by atoms with Crippen molar-refractivity contribution in [2.24, 2.45) is 0 Å². The molecule has 0 saturated heterocycles. The van der Waals surface area contributed by atoms with Crippen LogP contribution in [0.4, 0.5) is 0 Å². The molecule has 1 aromatic carbocycles. The summed E-state index contributed by atoms with van der Waals surface area (Å²) in [6.45, 7) is 1.82. The van der Waals surface area contributed by atoms with E-state index < -0.39 is 11.5 Å². The van der Waals surface area contributed by atoms with E-state index in [-0.39, 0.29) is 18.9 Å². The second kappa shape index (κ2) is 8.29. The van der Waals surface area contributed by atoms with E-state index in [2.05, 4.69) is 5.32 Å². The second-order valence-corrected chi connectivity index (χ2v) is 6.98. The van der Waals surface area contributed by atoms with Gasteiger partial charge in [-0.2, -0.15) is 0 Å². The van der Waals surface area contributed by atoms with Crippen LogP contribution in [-0.4, -0.2) is 36.2 Å². The van der Waals surface area contributed by atoms with Gasteiger partial charge >= 0.3 is 5.97 Å². The average Bonchev–Trinajstić information content (AvgIpc) is 2.55. The summed E-state index contributed by atoms with van der Waals surface area (Å²) in [5, 5.41) is 11.8. The van der Waals surface area contributed by atoms with Gasteiger partial charge < -0.3 is 15.2 Å². The number of ether oxygens (including phenoxy) is 1. The quantitative estimate of drug-likeness (QED) is 0.802. The Kier molecular flexibility index (Phi) is 6.37. The first-order valence-corrected chi connectivity index (χ1v) is 8.57. The SMILES string of the molecule is COCC(C)(CC(=O)O)NC(=O)c1ccc(C2CCCCC2)cc1. The van der Waals surface area contributed by atoms with Gasteiger partial charge in [0.2, 0.25) is 0 Å². The zero-order valence-corrected chi connectivity index (χ0v) is 14.5. The predicted molar refractivity (Wildman–Crippen MR) is 92.3 cm³/mol. The second-order valence-electron chi connectivity index (χ2n) is 6.98. The van der Waals surface area contributed by atoms with E-state index in [1.165, 1.54) is 44.8 Å². The number of hydrogen-bond donors (Lipinski definition) is 2. The van der Waals surface area contributed by atoms with Crippen molar-refractivity contribution in [3.05, 3.63) is 35.4 Å². The van der Waals surface area contributed by atoms with Crippen molar-refractivity contribution in [2.75, 3.05) is 13.7 Å². The first-order chi connectivity index (χ1) is 11.4. The number of benzene rings is 1. The lowest BCUT2D eigenvalue weighted by molar-refractivity contribution is -0.139. The van der Waals surface area contributed by atoms with Gasteiger partial charge in [0.25, 0.3) is 5.91 Å². The number of amides is 1. The molecule has 5 nitrogen and oxygen atoms in total. The van der Waals surface area contributed by atoms with Crippen LogP contribution in [0.3, 0.4) is 0 Å². The standard InChI is InChI=1S/C19H27NO4/c1-19(13-24-2,12-17(21)22)20-18(23)16-10-8-15(9-11-16)14-6-4-3-5-7-14/h8-11,14H,3-7,12-13H2,1-2H3,(H,20,23)(H,21,22). The fraction of sp³-hybridized carbons (Fsp3) is 0.579. The topological polar surface area (TPSA) is 75.6 Å². The molecule has 5 heteroatoms. The van der Waals surface area contributed by atoms with Gasteiger partial charge in [-0.05, 0) is 43.4 Å². The highest BCUT2D eigenvalue weighted by Gasteiger charge is 2.30. The first-order valence-electron chi connectivity index (χ1n) is 8.57. The van der Waals surface area contributed by atoms with Gasteiger partial charge in [0, 0.05) is 12.7 Å². The van der Waals surface area contributed by atoms with E-state index >= 15 is 0 Å². The van der Waals surface area contributed by atoms with Crippen LogP contribution in [0.5, 0.6) is 0 Å². The number of carbonyl (C=O) groups is 2. The van der Waals surface area contributed by atoms with Crippen molar-refractivity contribution >= 4 is 11.9 Å². The molecule has 1 aliphatic rings. The van der Waals surface area contributed by atoms with Gasteiger partial charge in [-0.15, -0.1) is 0 Å². The van der Waals surface area contributed by atoms with Gasteiger partial charge in [0.15, 0.2) is 0 Å². The first kappa shape index (κ1) is 18.5. The monoisotopic (exact) mass is 333 g/mol. The van der Waals surface area contributed by atoms with Crippen molar-refractivity contribution in [3.8, 4) is 0 Å². The molecule has 1 saturated carbocycles. The lowest BCUT2D eigenvalue weighted by atomic mass is 9.84. The lowest BCUT2D eigenvalue weighted by Crippen LogP contribution is -2.50. The van der Waals surface area contributed by atoms with Crippen molar-refractivity contribution in [2.45, 2.75) is 56.9 Å². The minimum absolute atomic E-state index is 0.144. The van der Waals surface area contributed by atoms with Gasteiger partial charge in [-0.3, -0.25) is 9.59 Å². The summed E-state index contributed by atoms with van der Waals surface area (Å²) in [7, 11) is 1.49. The van der Waals surface area contributed by atoms with Crippen molar-refractivity contribution < 1.29 is 19.4 Å². The molecule has 0 aromatic heterocycles. The maximum atomic E-state index is 12.4. The number of carbonyl (C=O) groups excluding carboxylic acids is 1. The van der Waals surface area contributed by atoms with Crippen LogP contribution in [-0.2, 0) is 9.53 Å². The molecule has 1 amide bonds. The molecule has 132 valence electrons. The Labute approximate surface area is 143 Å². The molecular weight excluding hydrogens is 306 g/mol. The number of aliphatic carboxylic acids is 1. The molecule has 2 N–H and O–H groups in total. The molecule has 24 heavy (non-hydrogen) atoms. The normalized spacial score (nSPS) is 17.9.